The number of aliphatic hydroxyl groups is 3. The first-order chi connectivity index (χ1) is 14.6. The molecule has 0 aromatic carbocycles. The molecule has 0 bridgehead atoms. The van der Waals surface area contributed by atoms with Crippen LogP contribution in [0.15, 0.2) is 12.2 Å². The summed E-state index contributed by atoms with van der Waals surface area (Å²) in [6.07, 6.45) is 16.5. The molecule has 30 heavy (non-hydrogen) atoms. The van der Waals surface area contributed by atoms with Crippen LogP contribution < -0.4 is 0 Å². The smallest absolute Gasteiger partial charge is 0.306 e. The molecule has 0 unspecified atom stereocenters. The van der Waals surface area contributed by atoms with E-state index in [1.165, 1.54) is 51.4 Å². The number of unbranched alkanes of at least 4 members (excludes halogenated alkanes) is 11. The van der Waals surface area contributed by atoms with Crippen molar-refractivity contribution in [3.05, 3.63) is 12.2 Å². The highest BCUT2D eigenvalue weighted by Crippen LogP contribution is 2.20. The van der Waals surface area contributed by atoms with E-state index in [9.17, 15) is 20.1 Å². The molecule has 1 saturated heterocycles. The van der Waals surface area contributed by atoms with Crippen molar-refractivity contribution in [2.75, 3.05) is 13.2 Å². The topological polar surface area (TPSA) is 96.2 Å². The first-order valence-electron chi connectivity index (χ1n) is 12.0. The number of aliphatic hydroxyl groups excluding tert-OH is 3. The monoisotopic (exact) mass is 428 g/mol. The van der Waals surface area contributed by atoms with Crippen LogP contribution in [0, 0.1) is 0 Å². The van der Waals surface area contributed by atoms with E-state index in [-0.39, 0.29) is 6.61 Å². The third-order valence-electron chi connectivity index (χ3n) is 5.66. The van der Waals surface area contributed by atoms with Crippen molar-refractivity contribution in [2.45, 2.75) is 121 Å². The summed E-state index contributed by atoms with van der Waals surface area (Å²) in [6.45, 7) is 1.79. The molecule has 0 aromatic heterocycles. The number of hydrogen-bond acceptors (Lipinski definition) is 6. The molecule has 0 radical (unpaired) electrons. The van der Waals surface area contributed by atoms with Crippen LogP contribution in [-0.2, 0) is 14.3 Å². The van der Waals surface area contributed by atoms with Crippen molar-refractivity contribution in [1.29, 1.82) is 0 Å². The molecule has 0 amide bonds. The normalized spacial score (nSPS) is 22.6. The van der Waals surface area contributed by atoms with Crippen molar-refractivity contribution >= 4 is 5.97 Å². The van der Waals surface area contributed by atoms with Crippen LogP contribution in [0.3, 0.4) is 0 Å². The zero-order valence-electron chi connectivity index (χ0n) is 18.8. The van der Waals surface area contributed by atoms with E-state index in [1.54, 1.807) is 0 Å². The Morgan fingerprint density at radius 1 is 0.967 bits per heavy atom. The Morgan fingerprint density at radius 2 is 1.53 bits per heavy atom. The second kappa shape index (κ2) is 17.7. The van der Waals surface area contributed by atoms with Gasteiger partial charge >= 0.3 is 5.97 Å². The Labute approximate surface area is 182 Å². The van der Waals surface area contributed by atoms with E-state index in [0.29, 0.717) is 6.42 Å². The zero-order valence-corrected chi connectivity index (χ0v) is 18.8. The van der Waals surface area contributed by atoms with E-state index in [0.717, 1.165) is 32.1 Å². The molecule has 1 aliphatic heterocycles. The van der Waals surface area contributed by atoms with Gasteiger partial charge < -0.3 is 24.8 Å². The van der Waals surface area contributed by atoms with Crippen LogP contribution in [0.2, 0.25) is 0 Å². The third kappa shape index (κ3) is 12.0. The predicted molar refractivity (Wildman–Crippen MR) is 118 cm³/mol. The summed E-state index contributed by atoms with van der Waals surface area (Å²) < 4.78 is 10.4. The summed E-state index contributed by atoms with van der Waals surface area (Å²) in [5.74, 6) is -0.399. The van der Waals surface area contributed by atoms with Gasteiger partial charge in [-0.05, 0) is 32.1 Å². The molecule has 0 spiro atoms. The summed E-state index contributed by atoms with van der Waals surface area (Å²) >= 11 is 0. The van der Waals surface area contributed by atoms with Gasteiger partial charge in [0.15, 0.2) is 6.10 Å². The minimum atomic E-state index is -1.14. The minimum absolute atomic E-state index is 0.0197. The lowest BCUT2D eigenvalue weighted by Gasteiger charge is -2.24. The number of carbonyl (C=O) groups excluding carboxylic acids is 1. The molecule has 1 heterocycles. The Hall–Kier alpha value is -0.950. The van der Waals surface area contributed by atoms with Crippen molar-refractivity contribution in [3.8, 4) is 0 Å². The van der Waals surface area contributed by atoms with Gasteiger partial charge in [-0.25, -0.2) is 0 Å². The van der Waals surface area contributed by atoms with Crippen molar-refractivity contribution in [3.63, 3.8) is 0 Å². The molecule has 6 nitrogen and oxygen atoms in total. The molecule has 0 saturated carbocycles. The molecule has 1 aliphatic rings. The highest BCUT2D eigenvalue weighted by Gasteiger charge is 2.41. The molecule has 176 valence electrons. The maximum absolute atomic E-state index is 11.9. The summed E-state index contributed by atoms with van der Waals surface area (Å²) in [5.41, 5.74) is 0. The Morgan fingerprint density at radius 3 is 2.07 bits per heavy atom. The van der Waals surface area contributed by atoms with E-state index in [1.807, 2.05) is 0 Å². The van der Waals surface area contributed by atoms with E-state index in [2.05, 4.69) is 19.1 Å². The van der Waals surface area contributed by atoms with Gasteiger partial charge in [0.05, 0.1) is 13.2 Å². The number of carbonyl (C=O) groups is 1. The largest absolute Gasteiger partial charge is 0.457 e. The number of esters is 1. The summed E-state index contributed by atoms with van der Waals surface area (Å²) in [4.78, 5) is 11.9. The van der Waals surface area contributed by atoms with Gasteiger partial charge in [-0.2, -0.15) is 0 Å². The molecule has 1 fully saturated rings. The lowest BCUT2D eigenvalue weighted by molar-refractivity contribution is -0.162. The highest BCUT2D eigenvalue weighted by atomic mass is 16.6. The SMILES string of the molecule is CCCCCCCCC=CCCCCCCCC(=O)O[C@H](CO)[C@H]1OC[C@H](O)[C@H]1O. The predicted octanol–water partition coefficient (Wildman–Crippen LogP) is 4.05. The fourth-order valence-corrected chi connectivity index (χ4v) is 3.73. The summed E-state index contributed by atoms with van der Waals surface area (Å²) in [5, 5.41) is 28.7. The molecular formula is C24H44O6. The number of hydrogen-bond donors (Lipinski definition) is 3. The molecule has 3 N–H and O–H groups in total. The van der Waals surface area contributed by atoms with E-state index >= 15 is 0 Å². The van der Waals surface area contributed by atoms with Crippen LogP contribution in [0.1, 0.15) is 96.8 Å². The van der Waals surface area contributed by atoms with Gasteiger partial charge in [0.2, 0.25) is 0 Å². The molecule has 0 aromatic rings. The maximum atomic E-state index is 11.9. The van der Waals surface area contributed by atoms with Crippen LogP contribution in [-0.4, -0.2) is 58.9 Å². The standard InChI is InChI=1S/C24H44O6/c1-2-3-4-5-6-7-8-9-10-11-12-13-14-15-16-17-22(27)30-21(18-25)24-23(28)20(26)19-29-24/h9-10,20-21,23-26,28H,2-8,11-19H2,1H3/t20-,21+,23+,24+/m0/s1. The maximum Gasteiger partial charge on any atom is 0.306 e. The molecule has 0 aliphatic carbocycles. The quantitative estimate of drug-likeness (QED) is 0.173. The van der Waals surface area contributed by atoms with Gasteiger partial charge in [-0.15, -0.1) is 0 Å². The van der Waals surface area contributed by atoms with Crippen LogP contribution >= 0.6 is 0 Å². The van der Waals surface area contributed by atoms with Gasteiger partial charge in [-0.1, -0.05) is 70.4 Å². The Bertz CT molecular complexity index is 453. The van der Waals surface area contributed by atoms with Crippen LogP contribution in [0.25, 0.3) is 0 Å². The van der Waals surface area contributed by atoms with Crippen LogP contribution in [0.5, 0.6) is 0 Å². The second-order valence-electron chi connectivity index (χ2n) is 8.40. The molecule has 6 heteroatoms. The first-order valence-corrected chi connectivity index (χ1v) is 12.0. The van der Waals surface area contributed by atoms with Crippen molar-refractivity contribution in [2.24, 2.45) is 0 Å². The summed E-state index contributed by atoms with van der Waals surface area (Å²) in [6, 6.07) is 0. The van der Waals surface area contributed by atoms with E-state index in [4.69, 9.17) is 9.47 Å². The Balaban J connectivity index is 1.95. The average molecular weight is 429 g/mol. The summed E-state index contributed by atoms with van der Waals surface area (Å²) in [7, 11) is 0. The van der Waals surface area contributed by atoms with E-state index < -0.39 is 37.0 Å². The number of allylic oxidation sites excluding steroid dienone is 2. The van der Waals surface area contributed by atoms with Crippen LogP contribution in [0.4, 0.5) is 0 Å². The lowest BCUT2D eigenvalue weighted by atomic mass is 10.1. The zero-order chi connectivity index (χ0) is 22.0. The fraction of sp³-hybridized carbons (Fsp3) is 0.875. The molecule has 1 rings (SSSR count). The Kier molecular flexibility index (Phi) is 16.0. The lowest BCUT2D eigenvalue weighted by Crippen LogP contribution is -2.43. The van der Waals surface area contributed by atoms with Gasteiger partial charge in [0.1, 0.15) is 18.3 Å². The van der Waals surface area contributed by atoms with Gasteiger partial charge in [-0.3, -0.25) is 4.79 Å². The fourth-order valence-electron chi connectivity index (χ4n) is 3.73. The van der Waals surface area contributed by atoms with Gasteiger partial charge in [0.25, 0.3) is 0 Å². The number of ether oxygens (including phenoxy) is 2. The minimum Gasteiger partial charge on any atom is -0.457 e. The average Bonchev–Trinajstić information content (AvgIpc) is 3.07. The number of rotatable bonds is 18. The molecular weight excluding hydrogens is 384 g/mol. The van der Waals surface area contributed by atoms with Crippen molar-refractivity contribution < 1.29 is 29.6 Å². The third-order valence-corrected chi connectivity index (χ3v) is 5.66. The van der Waals surface area contributed by atoms with Gasteiger partial charge in [0, 0.05) is 6.42 Å². The second-order valence-corrected chi connectivity index (χ2v) is 8.40. The highest BCUT2D eigenvalue weighted by molar-refractivity contribution is 5.69. The molecule has 4 atom stereocenters. The van der Waals surface area contributed by atoms with Crippen molar-refractivity contribution in [1.82, 2.24) is 0 Å². The first kappa shape index (κ1) is 27.1.